The number of piperidine rings is 1. The molecule has 2 aromatic carbocycles. The number of nitrogens with one attached hydrogen (secondary N) is 1. The highest BCUT2D eigenvalue weighted by molar-refractivity contribution is 7.21. The van der Waals surface area contributed by atoms with Gasteiger partial charge >= 0.3 is 5.69 Å². The van der Waals surface area contributed by atoms with Crippen LogP contribution in [-0.2, 0) is 0 Å². The van der Waals surface area contributed by atoms with Crippen molar-refractivity contribution in [1.82, 2.24) is 14.5 Å². The fourth-order valence-electron chi connectivity index (χ4n) is 13.0. The number of H-pyrrole nitrogens is 1. The summed E-state index contributed by atoms with van der Waals surface area (Å²) in [5.74, 6) is 0.562. The van der Waals surface area contributed by atoms with Crippen LogP contribution in [0, 0.1) is 33.5 Å². The Morgan fingerprint density at radius 1 is 0.922 bits per heavy atom. The second-order valence-corrected chi connectivity index (χ2v) is 18.7. The predicted molar refractivity (Wildman–Crippen MR) is 202 cm³/mol. The third kappa shape index (κ3) is 4.22. The molecule has 2 aromatic heterocycles. The number of nitrogens with zero attached hydrogens (tertiary/aromatic N) is 2. The number of Topliss-reactive ketones (excluding diaryl/α,β-unsaturated/α-hetero) is 1. The van der Waals surface area contributed by atoms with Gasteiger partial charge in [0, 0.05) is 52.2 Å². The van der Waals surface area contributed by atoms with Gasteiger partial charge in [-0.1, -0.05) is 62.4 Å². The SMILES string of the molecule is CC12CCC(O)CC13C=CC1(C(C(=O)c4cc5ccccc5s4)=C3)C2CCC2(C)C1CCC2(O)CN1CCC(n2c(=O)[nH]c3ccccc32)CC1. The number of carbonyl (C=O) groups is 1. The van der Waals surface area contributed by atoms with E-state index in [1.165, 1.54) is 0 Å². The summed E-state index contributed by atoms with van der Waals surface area (Å²) < 4.78 is 3.07. The van der Waals surface area contributed by atoms with Crippen LogP contribution in [0.4, 0.5) is 0 Å². The molecule has 1 aliphatic heterocycles. The molecule has 3 N–H and O–H groups in total. The number of aromatic amines is 1. The number of aromatic nitrogens is 2. The average molecular weight is 704 g/mol. The first-order valence-corrected chi connectivity index (χ1v) is 20.1. The molecule has 51 heavy (non-hydrogen) atoms. The lowest BCUT2D eigenvalue weighted by Crippen LogP contribution is -2.67. The van der Waals surface area contributed by atoms with Gasteiger partial charge in [0.1, 0.15) is 0 Å². The first-order valence-electron chi connectivity index (χ1n) is 19.3. The van der Waals surface area contributed by atoms with Gasteiger partial charge in [-0.2, -0.15) is 0 Å². The molecule has 2 spiro atoms. The normalized spacial score (nSPS) is 39.2. The molecule has 7 nitrogen and oxygen atoms in total. The van der Waals surface area contributed by atoms with Crippen molar-refractivity contribution < 1.29 is 15.0 Å². The highest BCUT2D eigenvalue weighted by atomic mass is 32.1. The van der Waals surface area contributed by atoms with Crippen molar-refractivity contribution in [1.29, 1.82) is 0 Å². The first-order chi connectivity index (χ1) is 24.5. The molecule has 0 amide bonds. The number of fused-ring (bicyclic) bond motifs is 3. The highest BCUT2D eigenvalue weighted by Crippen LogP contribution is 2.78. The van der Waals surface area contributed by atoms with Crippen LogP contribution in [0.5, 0.6) is 0 Å². The number of β-amino-alcohol motifs (C(OH)–C–C–N with tert-alkyl or cyclic N) is 1. The van der Waals surface area contributed by atoms with E-state index in [0.717, 1.165) is 96.0 Å². The van der Waals surface area contributed by atoms with Crippen LogP contribution in [0.2, 0.25) is 0 Å². The lowest BCUT2D eigenvalue weighted by atomic mass is 9.32. The fourth-order valence-corrected chi connectivity index (χ4v) is 14.0. The number of thiophene rings is 1. The summed E-state index contributed by atoms with van der Waals surface area (Å²) in [5, 5.41) is 25.1. The maximum atomic E-state index is 15.0. The quantitative estimate of drug-likeness (QED) is 0.147. The summed E-state index contributed by atoms with van der Waals surface area (Å²) in [4.78, 5) is 34.3. The van der Waals surface area contributed by atoms with Gasteiger partial charge in [-0.15, -0.1) is 11.3 Å². The molecule has 7 aliphatic rings. The van der Waals surface area contributed by atoms with Crippen molar-refractivity contribution in [2.24, 2.45) is 33.5 Å². The van der Waals surface area contributed by atoms with Crippen LogP contribution in [0.1, 0.15) is 87.3 Å². The van der Waals surface area contributed by atoms with E-state index in [2.05, 4.69) is 60.2 Å². The zero-order chi connectivity index (χ0) is 35.0. The van der Waals surface area contributed by atoms with E-state index in [1.807, 2.05) is 41.0 Å². The Morgan fingerprint density at radius 3 is 2.47 bits per heavy atom. The van der Waals surface area contributed by atoms with Crippen molar-refractivity contribution in [3.8, 4) is 0 Å². The summed E-state index contributed by atoms with van der Waals surface area (Å²) in [6.45, 7) is 7.09. The minimum absolute atomic E-state index is 0.0392. The summed E-state index contributed by atoms with van der Waals surface area (Å²) in [5.41, 5.74) is 0.668. The minimum atomic E-state index is -0.878. The Bertz CT molecular complexity index is 2170. The van der Waals surface area contributed by atoms with E-state index in [-0.39, 0.29) is 51.7 Å². The zero-order valence-corrected chi connectivity index (χ0v) is 30.6. The number of para-hydroxylation sites is 2. The van der Waals surface area contributed by atoms with Crippen molar-refractivity contribution in [3.05, 3.63) is 93.8 Å². The van der Waals surface area contributed by atoms with Gasteiger partial charge in [-0.25, -0.2) is 4.79 Å². The van der Waals surface area contributed by atoms with Crippen LogP contribution >= 0.6 is 11.3 Å². The Morgan fingerprint density at radius 2 is 1.65 bits per heavy atom. The monoisotopic (exact) mass is 703 g/mol. The van der Waals surface area contributed by atoms with Crippen molar-refractivity contribution in [2.45, 2.75) is 89.4 Å². The Labute approximate surface area is 303 Å². The molecule has 2 bridgehead atoms. The first kappa shape index (κ1) is 32.4. The molecule has 3 saturated carbocycles. The highest BCUT2D eigenvalue weighted by Gasteiger charge is 2.74. The van der Waals surface area contributed by atoms with Gasteiger partial charge in [0.05, 0.1) is 27.6 Å². The molecule has 266 valence electrons. The summed E-state index contributed by atoms with van der Waals surface area (Å²) in [6.07, 6.45) is 14.5. The molecule has 8 heteroatoms. The standard InChI is InChI=1S/C43H49N3O4S/c1-39-16-11-29(47)24-41(39)19-20-43(30(25-41)37(48)34-23-27-7-3-6-10-33(27)51-34)35(39)12-17-40(2)36(43)13-18-42(40,50)26-45-21-14-28(15-22-45)46-32-9-5-4-8-31(32)44-38(46)49/h3-10,19-20,23,25,28-29,35-36,47,50H,11-18,21-22,24,26H2,1-2H3,(H,44,49). The minimum Gasteiger partial charge on any atom is -0.393 e. The van der Waals surface area contributed by atoms with E-state index in [0.29, 0.717) is 13.0 Å². The number of ketones is 1. The smallest absolute Gasteiger partial charge is 0.326 e. The predicted octanol–water partition coefficient (Wildman–Crippen LogP) is 7.66. The van der Waals surface area contributed by atoms with Crippen LogP contribution < -0.4 is 5.69 Å². The van der Waals surface area contributed by atoms with E-state index < -0.39 is 11.0 Å². The number of hydrogen-bond donors (Lipinski definition) is 3. The third-order valence-electron chi connectivity index (χ3n) is 15.6. The Kier molecular flexibility index (Phi) is 6.90. The molecule has 0 radical (unpaired) electrons. The fraction of sp³-hybridized carbons (Fsp3) is 0.535. The van der Waals surface area contributed by atoms with Gasteiger partial charge in [0.25, 0.3) is 0 Å². The number of benzene rings is 2. The van der Waals surface area contributed by atoms with Crippen LogP contribution in [0.25, 0.3) is 21.1 Å². The molecule has 8 unspecified atom stereocenters. The average Bonchev–Trinajstić information content (AvgIpc) is 3.79. The van der Waals surface area contributed by atoms with Crippen molar-refractivity contribution in [3.63, 3.8) is 0 Å². The van der Waals surface area contributed by atoms with Gasteiger partial charge in [-0.3, -0.25) is 9.36 Å². The lowest BCUT2D eigenvalue weighted by Gasteiger charge is -2.71. The Balaban J connectivity index is 0.985. The molecule has 6 aliphatic carbocycles. The van der Waals surface area contributed by atoms with Gasteiger partial charge in [0.15, 0.2) is 5.78 Å². The molecule has 8 atom stereocenters. The number of aliphatic hydroxyl groups excluding tert-OH is 1. The van der Waals surface area contributed by atoms with Crippen molar-refractivity contribution >= 4 is 38.2 Å². The molecule has 11 rings (SSSR count). The molecule has 1 saturated heterocycles. The number of imidazole rings is 1. The number of aliphatic hydroxyl groups is 2. The number of rotatable bonds is 5. The largest absolute Gasteiger partial charge is 0.393 e. The van der Waals surface area contributed by atoms with E-state index in [4.69, 9.17) is 0 Å². The van der Waals surface area contributed by atoms with Gasteiger partial charge in [-0.05, 0) is 105 Å². The summed E-state index contributed by atoms with van der Waals surface area (Å²) in [7, 11) is 0. The molecule has 4 aromatic rings. The molecule has 4 fully saturated rings. The Hall–Kier alpha value is -3.30. The number of hydrogen-bond acceptors (Lipinski definition) is 6. The van der Waals surface area contributed by atoms with Crippen molar-refractivity contribution in [2.75, 3.05) is 19.6 Å². The maximum Gasteiger partial charge on any atom is 0.326 e. The van der Waals surface area contributed by atoms with E-state index in [1.54, 1.807) is 11.3 Å². The number of likely N-dealkylation sites (tertiary alicyclic amines) is 1. The summed E-state index contributed by atoms with van der Waals surface area (Å²) in [6, 6.07) is 18.4. The van der Waals surface area contributed by atoms with E-state index >= 15 is 4.79 Å². The van der Waals surface area contributed by atoms with Crippen LogP contribution in [0.3, 0.4) is 0 Å². The van der Waals surface area contributed by atoms with Gasteiger partial charge < -0.3 is 20.1 Å². The summed E-state index contributed by atoms with van der Waals surface area (Å²) >= 11 is 1.59. The van der Waals surface area contributed by atoms with Crippen LogP contribution in [0.15, 0.2) is 83.2 Å². The molecular formula is C43H49N3O4S. The maximum absolute atomic E-state index is 15.0. The zero-order valence-electron chi connectivity index (χ0n) is 29.7. The number of allylic oxidation sites excluding steroid dienone is 4. The van der Waals surface area contributed by atoms with Crippen LogP contribution in [-0.4, -0.2) is 61.8 Å². The third-order valence-corrected chi connectivity index (χ3v) is 16.8. The number of carbonyl (C=O) groups excluding carboxylic acids is 1. The lowest BCUT2D eigenvalue weighted by molar-refractivity contribution is -0.176. The topological polar surface area (TPSA) is 98.6 Å². The van der Waals surface area contributed by atoms with Gasteiger partial charge in [0.2, 0.25) is 0 Å². The molecule has 3 heterocycles. The molecular weight excluding hydrogens is 655 g/mol. The van der Waals surface area contributed by atoms with E-state index in [9.17, 15) is 15.0 Å². The second-order valence-electron chi connectivity index (χ2n) is 17.6. The second kappa shape index (κ2) is 10.9.